The zero-order chi connectivity index (χ0) is 15.3. The Morgan fingerprint density at radius 3 is 2.90 bits per heavy atom. The average Bonchev–Trinajstić information content (AvgIpc) is 2.80. The number of nitrogens with two attached hydrogens (primary N) is 1. The first kappa shape index (κ1) is 16.2. The summed E-state index contributed by atoms with van der Waals surface area (Å²) in [6.07, 6.45) is 5.89. The maximum Gasteiger partial charge on any atom is 0.249 e. The van der Waals surface area contributed by atoms with Crippen LogP contribution in [-0.4, -0.2) is 43.8 Å². The molecule has 1 aliphatic heterocycles. The van der Waals surface area contributed by atoms with E-state index in [1.807, 2.05) is 4.90 Å². The molecule has 0 bridgehead atoms. The number of amides is 1. The van der Waals surface area contributed by atoms with E-state index in [0.29, 0.717) is 18.1 Å². The number of aromatic nitrogens is 1. The number of carbonyl (C=O) groups is 1. The van der Waals surface area contributed by atoms with E-state index in [2.05, 4.69) is 10.3 Å². The SMILES string of the molecule is NS(=O)(=O)c1cnc(NCCCN2CCCCCC2=O)s1. The van der Waals surface area contributed by atoms with Gasteiger partial charge >= 0.3 is 0 Å². The van der Waals surface area contributed by atoms with Crippen molar-refractivity contribution in [2.24, 2.45) is 5.14 Å². The lowest BCUT2D eigenvalue weighted by atomic mass is 10.2. The zero-order valence-electron chi connectivity index (χ0n) is 11.7. The van der Waals surface area contributed by atoms with E-state index in [1.54, 1.807) is 0 Å². The van der Waals surface area contributed by atoms with Crippen LogP contribution in [0.3, 0.4) is 0 Å². The summed E-state index contributed by atoms with van der Waals surface area (Å²) in [6, 6.07) is 0. The van der Waals surface area contributed by atoms with Crippen LogP contribution in [0.25, 0.3) is 0 Å². The van der Waals surface area contributed by atoms with E-state index < -0.39 is 10.0 Å². The molecule has 0 atom stereocenters. The van der Waals surface area contributed by atoms with E-state index in [1.165, 1.54) is 6.20 Å². The van der Waals surface area contributed by atoms with Gasteiger partial charge in [0.1, 0.15) is 0 Å². The minimum absolute atomic E-state index is 0.0488. The number of nitrogens with zero attached hydrogens (tertiary/aromatic N) is 2. The molecule has 118 valence electrons. The van der Waals surface area contributed by atoms with Crippen LogP contribution in [0.5, 0.6) is 0 Å². The molecule has 7 nitrogen and oxygen atoms in total. The van der Waals surface area contributed by atoms with Crippen LogP contribution >= 0.6 is 11.3 Å². The second-order valence-electron chi connectivity index (χ2n) is 5.00. The molecular weight excluding hydrogens is 312 g/mol. The molecule has 0 aliphatic carbocycles. The topological polar surface area (TPSA) is 105 Å². The Bertz CT molecular complexity index is 585. The smallest absolute Gasteiger partial charge is 0.249 e. The van der Waals surface area contributed by atoms with Crippen LogP contribution in [0.1, 0.15) is 32.1 Å². The highest BCUT2D eigenvalue weighted by atomic mass is 32.2. The number of hydrogen-bond acceptors (Lipinski definition) is 6. The maximum absolute atomic E-state index is 11.8. The van der Waals surface area contributed by atoms with Crippen molar-refractivity contribution in [3.05, 3.63) is 6.20 Å². The van der Waals surface area contributed by atoms with Gasteiger partial charge in [-0.05, 0) is 19.3 Å². The number of nitrogens with one attached hydrogen (secondary N) is 1. The summed E-state index contributed by atoms with van der Waals surface area (Å²) >= 11 is 1.01. The van der Waals surface area contributed by atoms with Crippen LogP contribution in [0, 0.1) is 0 Å². The highest BCUT2D eigenvalue weighted by Gasteiger charge is 2.16. The summed E-state index contributed by atoms with van der Waals surface area (Å²) in [7, 11) is -3.68. The molecular formula is C12H20N4O3S2. The van der Waals surface area contributed by atoms with Gasteiger partial charge in [-0.3, -0.25) is 4.79 Å². The number of anilines is 1. The number of hydrogen-bond donors (Lipinski definition) is 2. The fourth-order valence-corrected chi connectivity index (χ4v) is 3.69. The molecule has 0 spiro atoms. The van der Waals surface area contributed by atoms with Crippen LogP contribution in [-0.2, 0) is 14.8 Å². The van der Waals surface area contributed by atoms with Crippen molar-refractivity contribution in [3.63, 3.8) is 0 Å². The van der Waals surface area contributed by atoms with Crippen molar-refractivity contribution < 1.29 is 13.2 Å². The lowest BCUT2D eigenvalue weighted by molar-refractivity contribution is -0.130. The summed E-state index contributed by atoms with van der Waals surface area (Å²) in [4.78, 5) is 17.7. The largest absolute Gasteiger partial charge is 0.361 e. The lowest BCUT2D eigenvalue weighted by Crippen LogP contribution is -2.32. The van der Waals surface area contributed by atoms with Crippen molar-refractivity contribution in [2.45, 2.75) is 36.3 Å². The van der Waals surface area contributed by atoms with Gasteiger partial charge in [0.2, 0.25) is 15.9 Å². The third kappa shape index (κ3) is 4.94. The van der Waals surface area contributed by atoms with Crippen molar-refractivity contribution in [3.8, 4) is 0 Å². The molecule has 2 rings (SSSR count). The fourth-order valence-electron chi connectivity index (χ4n) is 2.21. The number of thiazole rings is 1. The summed E-state index contributed by atoms with van der Waals surface area (Å²) in [5.41, 5.74) is 0. The number of sulfonamides is 1. The summed E-state index contributed by atoms with van der Waals surface area (Å²) in [6.45, 7) is 2.20. The van der Waals surface area contributed by atoms with Gasteiger partial charge in [0, 0.05) is 26.1 Å². The van der Waals surface area contributed by atoms with Gasteiger partial charge in [0.25, 0.3) is 0 Å². The van der Waals surface area contributed by atoms with E-state index in [4.69, 9.17) is 5.14 Å². The highest BCUT2D eigenvalue weighted by Crippen LogP contribution is 2.21. The predicted octanol–water partition coefficient (Wildman–Crippen LogP) is 0.995. The van der Waals surface area contributed by atoms with Crippen LogP contribution < -0.4 is 10.5 Å². The summed E-state index contributed by atoms with van der Waals surface area (Å²) < 4.78 is 22.3. The number of carbonyl (C=O) groups excluding carboxylic acids is 1. The fraction of sp³-hybridized carbons (Fsp3) is 0.667. The molecule has 21 heavy (non-hydrogen) atoms. The molecule has 0 unspecified atom stereocenters. The second kappa shape index (κ2) is 7.19. The van der Waals surface area contributed by atoms with Gasteiger partial charge in [-0.15, -0.1) is 0 Å². The molecule has 2 heterocycles. The summed E-state index contributed by atoms with van der Waals surface area (Å²) in [5.74, 6) is 0.234. The predicted molar refractivity (Wildman–Crippen MR) is 81.6 cm³/mol. The Morgan fingerprint density at radius 1 is 1.38 bits per heavy atom. The van der Waals surface area contributed by atoms with Crippen molar-refractivity contribution in [2.75, 3.05) is 25.0 Å². The Morgan fingerprint density at radius 2 is 2.19 bits per heavy atom. The van der Waals surface area contributed by atoms with Gasteiger partial charge in [-0.1, -0.05) is 17.8 Å². The molecule has 0 radical (unpaired) electrons. The molecule has 1 amide bonds. The van der Waals surface area contributed by atoms with E-state index in [0.717, 1.165) is 50.1 Å². The first-order valence-corrected chi connectivity index (χ1v) is 9.33. The van der Waals surface area contributed by atoms with Gasteiger partial charge in [-0.25, -0.2) is 18.5 Å². The second-order valence-corrected chi connectivity index (χ2v) is 7.82. The molecule has 1 aliphatic rings. The normalized spacial score (nSPS) is 16.8. The Hall–Kier alpha value is -1.19. The molecule has 1 aromatic heterocycles. The average molecular weight is 332 g/mol. The molecule has 3 N–H and O–H groups in total. The maximum atomic E-state index is 11.8. The van der Waals surface area contributed by atoms with E-state index >= 15 is 0 Å². The Kier molecular flexibility index (Phi) is 5.54. The number of rotatable bonds is 6. The highest BCUT2D eigenvalue weighted by molar-refractivity contribution is 7.91. The minimum atomic E-state index is -3.68. The first-order valence-electron chi connectivity index (χ1n) is 6.97. The molecule has 1 saturated heterocycles. The first-order chi connectivity index (χ1) is 9.97. The number of primary sulfonamides is 1. The number of likely N-dealkylation sites (tertiary alicyclic amines) is 1. The molecule has 0 saturated carbocycles. The van der Waals surface area contributed by atoms with Crippen molar-refractivity contribution in [1.82, 2.24) is 9.88 Å². The molecule has 9 heteroatoms. The molecule has 1 fully saturated rings. The van der Waals surface area contributed by atoms with Crippen LogP contribution in [0.15, 0.2) is 10.4 Å². The van der Waals surface area contributed by atoms with E-state index in [-0.39, 0.29) is 10.1 Å². The lowest BCUT2D eigenvalue weighted by Gasteiger charge is -2.20. The standard InChI is InChI=1S/C12H20N4O3S2/c13-21(18,19)11-9-15-12(20-11)14-6-4-8-16-7-3-1-2-5-10(16)17/h9H,1-8H2,(H,14,15)(H2,13,18,19). The minimum Gasteiger partial charge on any atom is -0.361 e. The third-order valence-electron chi connectivity index (χ3n) is 3.32. The molecule has 1 aromatic rings. The van der Waals surface area contributed by atoms with Crippen LogP contribution in [0.4, 0.5) is 5.13 Å². The van der Waals surface area contributed by atoms with E-state index in [9.17, 15) is 13.2 Å². The van der Waals surface area contributed by atoms with Crippen molar-refractivity contribution >= 4 is 32.4 Å². The van der Waals surface area contributed by atoms with Gasteiger partial charge < -0.3 is 10.2 Å². The Balaban J connectivity index is 1.74. The van der Waals surface area contributed by atoms with Gasteiger partial charge in [0.05, 0.1) is 6.20 Å². The van der Waals surface area contributed by atoms with Gasteiger partial charge in [0.15, 0.2) is 9.34 Å². The summed E-state index contributed by atoms with van der Waals surface area (Å²) in [5, 5.41) is 8.61. The Labute approximate surface area is 128 Å². The quantitative estimate of drug-likeness (QED) is 0.756. The monoisotopic (exact) mass is 332 g/mol. The zero-order valence-corrected chi connectivity index (χ0v) is 13.4. The van der Waals surface area contributed by atoms with Gasteiger partial charge in [-0.2, -0.15) is 0 Å². The molecule has 0 aromatic carbocycles. The third-order valence-corrected chi connectivity index (χ3v) is 5.68. The van der Waals surface area contributed by atoms with Crippen LogP contribution in [0.2, 0.25) is 0 Å². The van der Waals surface area contributed by atoms with Crippen molar-refractivity contribution in [1.29, 1.82) is 0 Å².